The molecule has 2 saturated heterocycles. The predicted molar refractivity (Wildman–Crippen MR) is 156 cm³/mol. The predicted octanol–water partition coefficient (Wildman–Crippen LogP) is 7.17. The number of hydrogen-bond donors (Lipinski definition) is 1. The number of nitrogens with zero attached hydrogens (tertiary/aromatic N) is 2. The molecule has 0 radical (unpaired) electrons. The van der Waals surface area contributed by atoms with Crippen LogP contribution in [0.4, 0.5) is 13.2 Å². The van der Waals surface area contributed by atoms with Crippen LogP contribution in [-0.4, -0.2) is 53.3 Å². The maximum absolute atomic E-state index is 14.0. The fraction of sp³-hybridized carbons (Fsp3) is 0.562. The number of carbonyl (C=O) groups is 2. The Balaban J connectivity index is 1.51. The fourth-order valence-electron chi connectivity index (χ4n) is 6.37. The van der Waals surface area contributed by atoms with Crippen molar-refractivity contribution in [3.05, 3.63) is 69.7 Å². The Kier molecular flexibility index (Phi) is 9.44. The van der Waals surface area contributed by atoms with Crippen molar-refractivity contribution in [2.75, 3.05) is 26.2 Å². The largest absolute Gasteiger partial charge is 0.416 e. The number of benzene rings is 2. The second kappa shape index (κ2) is 12.3. The summed E-state index contributed by atoms with van der Waals surface area (Å²) in [6.07, 6.45) is -2.08. The Morgan fingerprint density at radius 1 is 1.02 bits per heavy atom. The Morgan fingerprint density at radius 3 is 2.20 bits per heavy atom. The van der Waals surface area contributed by atoms with E-state index in [0.29, 0.717) is 31.2 Å². The third-order valence-corrected chi connectivity index (χ3v) is 8.94. The molecule has 0 bridgehead atoms. The third-order valence-electron chi connectivity index (χ3n) is 8.71. The number of amides is 2. The summed E-state index contributed by atoms with van der Waals surface area (Å²) in [5.41, 5.74) is 2.11. The van der Waals surface area contributed by atoms with Gasteiger partial charge in [-0.05, 0) is 86.9 Å². The lowest BCUT2D eigenvalue weighted by molar-refractivity contribution is -0.138. The molecule has 4 rings (SSSR count). The molecule has 0 aromatic heterocycles. The SMILES string of the molecule is CC[C@H](NC(C)=O)c1cc(Cl)ccc1C1CCN(C(=O)[C@H]2CN(C(C)(C)C)C[C@@H]2c2ccc(C(F)(F)F)cc2)CC1. The van der Waals surface area contributed by atoms with Gasteiger partial charge in [-0.3, -0.25) is 14.5 Å². The lowest BCUT2D eigenvalue weighted by Gasteiger charge is -2.36. The Bertz CT molecular complexity index is 1230. The van der Waals surface area contributed by atoms with Crippen LogP contribution in [0.25, 0.3) is 0 Å². The van der Waals surface area contributed by atoms with Crippen molar-refractivity contribution in [1.82, 2.24) is 15.1 Å². The van der Waals surface area contributed by atoms with Crippen LogP contribution < -0.4 is 5.32 Å². The van der Waals surface area contributed by atoms with E-state index in [0.717, 1.165) is 48.1 Å². The van der Waals surface area contributed by atoms with Gasteiger partial charge >= 0.3 is 6.18 Å². The van der Waals surface area contributed by atoms with E-state index < -0.39 is 11.7 Å². The molecule has 224 valence electrons. The summed E-state index contributed by atoms with van der Waals surface area (Å²) in [6, 6.07) is 11.0. The van der Waals surface area contributed by atoms with Crippen LogP contribution in [0.2, 0.25) is 5.02 Å². The van der Waals surface area contributed by atoms with Gasteiger partial charge in [0.2, 0.25) is 11.8 Å². The molecule has 2 aliphatic rings. The normalized spacial score (nSPS) is 21.6. The highest BCUT2D eigenvalue weighted by Gasteiger charge is 2.44. The molecule has 9 heteroatoms. The topological polar surface area (TPSA) is 52.7 Å². The molecule has 0 saturated carbocycles. The lowest BCUT2D eigenvalue weighted by Crippen LogP contribution is -2.44. The molecule has 0 aliphatic carbocycles. The molecule has 2 aromatic rings. The van der Waals surface area contributed by atoms with E-state index in [2.05, 4.69) is 31.0 Å². The summed E-state index contributed by atoms with van der Waals surface area (Å²) >= 11 is 6.34. The maximum atomic E-state index is 14.0. The Morgan fingerprint density at radius 2 is 1.66 bits per heavy atom. The summed E-state index contributed by atoms with van der Waals surface area (Å²) in [7, 11) is 0. The number of piperidine rings is 1. The molecule has 2 amide bonds. The average Bonchev–Trinajstić information content (AvgIpc) is 3.37. The standard InChI is InChI=1S/C32H41ClF3N3O2/c1-6-29(37-20(2)40)26-17-24(33)11-12-25(26)22-13-15-38(16-14-22)30(41)28-19-39(31(3,4)5)18-27(28)21-7-9-23(10-8-21)32(34,35)36/h7-12,17,22,27-29H,6,13-16,18-19H2,1-5H3,(H,37,40)/t27-,28+,29+/m1/s1. The number of likely N-dealkylation sites (tertiary alicyclic amines) is 2. The van der Waals surface area contributed by atoms with Crippen molar-refractivity contribution in [3.8, 4) is 0 Å². The first kappa shape index (κ1) is 31.4. The number of rotatable bonds is 6. The third kappa shape index (κ3) is 7.26. The van der Waals surface area contributed by atoms with Gasteiger partial charge in [0, 0.05) is 49.6 Å². The number of hydrogen-bond acceptors (Lipinski definition) is 3. The molecule has 2 fully saturated rings. The van der Waals surface area contributed by atoms with Crippen molar-refractivity contribution in [1.29, 1.82) is 0 Å². The van der Waals surface area contributed by atoms with Gasteiger partial charge in [-0.1, -0.05) is 36.7 Å². The fourth-order valence-corrected chi connectivity index (χ4v) is 6.55. The van der Waals surface area contributed by atoms with E-state index in [1.54, 1.807) is 0 Å². The van der Waals surface area contributed by atoms with Gasteiger partial charge in [-0.25, -0.2) is 0 Å². The minimum absolute atomic E-state index is 0.0705. The van der Waals surface area contributed by atoms with Crippen molar-refractivity contribution >= 4 is 23.4 Å². The molecule has 2 aromatic carbocycles. The molecule has 0 unspecified atom stereocenters. The molecular formula is C32H41ClF3N3O2. The van der Waals surface area contributed by atoms with Crippen LogP contribution in [-0.2, 0) is 15.8 Å². The van der Waals surface area contributed by atoms with Gasteiger partial charge in [0.1, 0.15) is 0 Å². The molecule has 2 heterocycles. The summed E-state index contributed by atoms with van der Waals surface area (Å²) in [6.45, 7) is 12.3. The maximum Gasteiger partial charge on any atom is 0.416 e. The van der Waals surface area contributed by atoms with Gasteiger partial charge < -0.3 is 10.2 Å². The second-order valence-electron chi connectivity index (χ2n) is 12.4. The van der Waals surface area contributed by atoms with Gasteiger partial charge in [-0.15, -0.1) is 0 Å². The first-order valence-electron chi connectivity index (χ1n) is 14.5. The Hall–Kier alpha value is -2.58. The average molecular weight is 592 g/mol. The lowest BCUT2D eigenvalue weighted by atomic mass is 9.83. The van der Waals surface area contributed by atoms with Crippen LogP contribution in [0, 0.1) is 5.92 Å². The highest BCUT2D eigenvalue weighted by molar-refractivity contribution is 6.30. The van der Waals surface area contributed by atoms with E-state index in [4.69, 9.17) is 11.6 Å². The van der Waals surface area contributed by atoms with Gasteiger partial charge in [0.15, 0.2) is 0 Å². The minimum atomic E-state index is -4.39. The van der Waals surface area contributed by atoms with Crippen molar-refractivity contribution in [3.63, 3.8) is 0 Å². The van der Waals surface area contributed by atoms with Crippen molar-refractivity contribution in [2.24, 2.45) is 5.92 Å². The Labute approximate surface area is 246 Å². The summed E-state index contributed by atoms with van der Waals surface area (Å²) in [5.74, 6) is -0.285. The molecule has 1 N–H and O–H groups in total. The quantitative estimate of drug-likeness (QED) is 0.388. The van der Waals surface area contributed by atoms with Crippen LogP contribution in [0.5, 0.6) is 0 Å². The minimum Gasteiger partial charge on any atom is -0.350 e. The van der Waals surface area contributed by atoms with Crippen molar-refractivity contribution in [2.45, 2.75) is 83.5 Å². The number of halogens is 4. The summed E-state index contributed by atoms with van der Waals surface area (Å²) in [4.78, 5) is 30.0. The van der Waals surface area contributed by atoms with Crippen LogP contribution in [0.15, 0.2) is 42.5 Å². The highest BCUT2D eigenvalue weighted by atomic mass is 35.5. The molecular weight excluding hydrogens is 551 g/mol. The van der Waals surface area contributed by atoms with Gasteiger partial charge in [0.25, 0.3) is 0 Å². The number of alkyl halides is 3. The molecule has 2 aliphatic heterocycles. The first-order valence-corrected chi connectivity index (χ1v) is 14.8. The molecule has 5 nitrogen and oxygen atoms in total. The summed E-state index contributed by atoms with van der Waals surface area (Å²) < 4.78 is 39.6. The monoisotopic (exact) mass is 591 g/mol. The summed E-state index contributed by atoms with van der Waals surface area (Å²) in [5, 5.41) is 3.66. The van der Waals surface area contributed by atoms with E-state index in [-0.39, 0.29) is 41.1 Å². The van der Waals surface area contributed by atoms with E-state index in [9.17, 15) is 22.8 Å². The zero-order valence-corrected chi connectivity index (χ0v) is 25.3. The number of nitrogens with one attached hydrogen (secondary N) is 1. The van der Waals surface area contributed by atoms with Gasteiger partial charge in [-0.2, -0.15) is 13.2 Å². The van der Waals surface area contributed by atoms with Crippen LogP contribution in [0.1, 0.15) is 94.0 Å². The molecule has 0 spiro atoms. The smallest absolute Gasteiger partial charge is 0.350 e. The van der Waals surface area contributed by atoms with E-state index in [1.807, 2.05) is 30.0 Å². The van der Waals surface area contributed by atoms with Crippen LogP contribution in [0.3, 0.4) is 0 Å². The second-order valence-corrected chi connectivity index (χ2v) is 12.9. The molecule has 3 atom stereocenters. The first-order chi connectivity index (χ1) is 19.2. The van der Waals surface area contributed by atoms with E-state index in [1.165, 1.54) is 19.1 Å². The van der Waals surface area contributed by atoms with E-state index >= 15 is 0 Å². The zero-order chi connectivity index (χ0) is 30.1. The van der Waals surface area contributed by atoms with Crippen LogP contribution >= 0.6 is 11.6 Å². The highest BCUT2D eigenvalue weighted by Crippen LogP contribution is 2.40. The van der Waals surface area contributed by atoms with Crippen molar-refractivity contribution < 1.29 is 22.8 Å². The molecule has 41 heavy (non-hydrogen) atoms. The number of carbonyl (C=O) groups excluding carboxylic acids is 2. The zero-order valence-electron chi connectivity index (χ0n) is 24.5. The van der Waals surface area contributed by atoms with Gasteiger partial charge in [0.05, 0.1) is 17.5 Å².